The first-order valence-corrected chi connectivity index (χ1v) is 11.7. The van der Waals surface area contributed by atoms with Gasteiger partial charge in [0.2, 0.25) is 0 Å². The van der Waals surface area contributed by atoms with Crippen LogP contribution in [-0.4, -0.2) is 34.8 Å². The molecule has 184 valence electrons. The summed E-state index contributed by atoms with van der Waals surface area (Å²) in [6.07, 6.45) is 0. The first kappa shape index (κ1) is 24.7. The summed E-state index contributed by atoms with van der Waals surface area (Å²) in [5, 5.41) is 22.2. The van der Waals surface area contributed by atoms with Crippen LogP contribution in [0, 0.1) is 17.0 Å². The zero-order valence-electron chi connectivity index (χ0n) is 20.3. The van der Waals surface area contributed by atoms with Crippen molar-refractivity contribution in [2.45, 2.75) is 26.8 Å². The Hall–Kier alpha value is -4.46. The first-order valence-electron chi connectivity index (χ1n) is 11.7. The van der Waals surface area contributed by atoms with Crippen molar-refractivity contribution in [2.75, 3.05) is 22.9 Å². The number of amides is 1. The van der Waals surface area contributed by atoms with Crippen molar-refractivity contribution in [3.05, 3.63) is 105 Å². The van der Waals surface area contributed by atoms with Gasteiger partial charge in [0, 0.05) is 42.2 Å². The number of carbonyl (C=O) groups excluding carboxylic acids is 2. The van der Waals surface area contributed by atoms with Crippen molar-refractivity contribution < 1.29 is 19.6 Å². The van der Waals surface area contributed by atoms with Gasteiger partial charge in [0.05, 0.1) is 16.5 Å². The number of hydrogen-bond donors (Lipinski definition) is 1. The Morgan fingerprint density at radius 1 is 1.00 bits per heavy atom. The number of rotatable bonds is 7. The Balaban J connectivity index is 1.86. The predicted octanol–water partition coefficient (Wildman–Crippen LogP) is 5.38. The Morgan fingerprint density at radius 3 is 2.19 bits per heavy atom. The quantitative estimate of drug-likeness (QED) is 0.159. The van der Waals surface area contributed by atoms with Crippen LogP contribution in [0.3, 0.4) is 0 Å². The molecule has 1 atom stereocenters. The Labute approximate surface area is 209 Å². The Morgan fingerprint density at radius 2 is 1.64 bits per heavy atom. The molecule has 0 bridgehead atoms. The molecule has 1 unspecified atom stereocenters. The summed E-state index contributed by atoms with van der Waals surface area (Å²) in [7, 11) is 0. The van der Waals surface area contributed by atoms with Gasteiger partial charge in [-0.2, -0.15) is 0 Å². The van der Waals surface area contributed by atoms with Crippen LogP contribution in [0.2, 0.25) is 0 Å². The number of nitro benzene ring substituents is 1. The van der Waals surface area contributed by atoms with E-state index in [2.05, 4.69) is 18.7 Å². The van der Waals surface area contributed by atoms with Crippen molar-refractivity contribution in [3.8, 4) is 0 Å². The molecule has 1 saturated heterocycles. The highest BCUT2D eigenvalue weighted by Gasteiger charge is 2.47. The molecule has 4 rings (SSSR count). The topological polar surface area (TPSA) is 104 Å². The number of non-ortho nitro benzene ring substituents is 1. The summed E-state index contributed by atoms with van der Waals surface area (Å²) in [5.41, 5.74) is 3.15. The molecule has 1 fully saturated rings. The van der Waals surface area contributed by atoms with Gasteiger partial charge in [0.1, 0.15) is 5.76 Å². The average Bonchev–Trinajstić information content (AvgIpc) is 3.15. The maximum Gasteiger partial charge on any atom is 0.300 e. The Bertz CT molecular complexity index is 1340. The predicted molar refractivity (Wildman–Crippen MR) is 139 cm³/mol. The van der Waals surface area contributed by atoms with E-state index in [4.69, 9.17) is 0 Å². The van der Waals surface area contributed by atoms with Gasteiger partial charge in [-0.25, -0.2) is 0 Å². The van der Waals surface area contributed by atoms with Crippen LogP contribution in [0.5, 0.6) is 0 Å². The van der Waals surface area contributed by atoms with Crippen molar-refractivity contribution in [3.63, 3.8) is 0 Å². The molecule has 0 aromatic heterocycles. The van der Waals surface area contributed by atoms with E-state index < -0.39 is 22.7 Å². The number of nitro groups is 1. The molecule has 3 aromatic rings. The van der Waals surface area contributed by atoms with E-state index in [1.165, 1.54) is 29.2 Å². The van der Waals surface area contributed by atoms with Crippen LogP contribution < -0.4 is 9.80 Å². The molecule has 36 heavy (non-hydrogen) atoms. The molecule has 1 N–H and O–H groups in total. The minimum Gasteiger partial charge on any atom is -0.507 e. The van der Waals surface area contributed by atoms with Crippen LogP contribution in [0.1, 0.15) is 36.6 Å². The number of hydrogen-bond acceptors (Lipinski definition) is 6. The molecule has 0 radical (unpaired) electrons. The molecule has 1 aliphatic rings. The van der Waals surface area contributed by atoms with Crippen molar-refractivity contribution in [1.29, 1.82) is 0 Å². The summed E-state index contributed by atoms with van der Waals surface area (Å²) in [4.78, 5) is 40.7. The fourth-order valence-corrected chi connectivity index (χ4v) is 4.56. The van der Waals surface area contributed by atoms with Gasteiger partial charge in [0.25, 0.3) is 17.4 Å². The lowest BCUT2D eigenvalue weighted by atomic mass is 9.94. The van der Waals surface area contributed by atoms with E-state index >= 15 is 0 Å². The standard InChI is InChI=1S/C28H27N3O5/c1-4-29(5-2)21-13-15-22(16-14-21)30-25(20-8-6-7-18(3)17-20)24(27(33)28(30)34)26(32)19-9-11-23(12-10-19)31(35)36/h6-17,25,32H,4-5H2,1-3H3/b26-24-. The number of aryl methyl sites for hydroxylation is 1. The third-order valence-electron chi connectivity index (χ3n) is 6.41. The maximum absolute atomic E-state index is 13.3. The van der Waals surface area contributed by atoms with E-state index in [9.17, 15) is 24.8 Å². The minimum absolute atomic E-state index is 0.0627. The van der Waals surface area contributed by atoms with Crippen LogP contribution in [0.25, 0.3) is 5.76 Å². The molecular weight excluding hydrogens is 458 g/mol. The van der Waals surface area contributed by atoms with E-state index in [0.717, 1.165) is 24.3 Å². The molecule has 0 spiro atoms. The lowest BCUT2D eigenvalue weighted by molar-refractivity contribution is -0.384. The van der Waals surface area contributed by atoms with Gasteiger partial charge >= 0.3 is 0 Å². The maximum atomic E-state index is 13.3. The van der Waals surface area contributed by atoms with Gasteiger partial charge in [0.15, 0.2) is 0 Å². The molecule has 8 heteroatoms. The van der Waals surface area contributed by atoms with E-state index in [1.807, 2.05) is 43.3 Å². The molecular formula is C28H27N3O5. The zero-order chi connectivity index (χ0) is 26.0. The summed E-state index contributed by atoms with van der Waals surface area (Å²) < 4.78 is 0. The van der Waals surface area contributed by atoms with E-state index in [-0.39, 0.29) is 22.6 Å². The lowest BCUT2D eigenvalue weighted by Crippen LogP contribution is -2.29. The smallest absolute Gasteiger partial charge is 0.300 e. The second kappa shape index (κ2) is 10.0. The third kappa shape index (κ3) is 4.45. The Kier molecular flexibility index (Phi) is 6.87. The molecule has 1 heterocycles. The van der Waals surface area contributed by atoms with Crippen molar-refractivity contribution in [1.82, 2.24) is 0 Å². The number of Topliss-reactive ketones (excluding diaryl/α,β-unsaturated/α-hetero) is 1. The van der Waals surface area contributed by atoms with Crippen LogP contribution in [-0.2, 0) is 9.59 Å². The highest BCUT2D eigenvalue weighted by atomic mass is 16.6. The fourth-order valence-electron chi connectivity index (χ4n) is 4.56. The monoisotopic (exact) mass is 485 g/mol. The second-order valence-electron chi connectivity index (χ2n) is 8.58. The molecule has 8 nitrogen and oxygen atoms in total. The molecule has 0 aliphatic carbocycles. The zero-order valence-corrected chi connectivity index (χ0v) is 20.3. The number of benzene rings is 3. The molecule has 1 amide bonds. The van der Waals surface area contributed by atoms with Gasteiger partial charge in [-0.3, -0.25) is 24.6 Å². The highest BCUT2D eigenvalue weighted by molar-refractivity contribution is 6.51. The molecule has 3 aromatic carbocycles. The molecule has 0 saturated carbocycles. The number of aliphatic hydroxyl groups excluding tert-OH is 1. The SMILES string of the molecule is CCN(CC)c1ccc(N2C(=O)C(=O)/C(=C(\O)c3ccc([N+](=O)[O-])cc3)C2c2cccc(C)c2)cc1. The fraction of sp³-hybridized carbons (Fsp3) is 0.214. The first-order chi connectivity index (χ1) is 17.3. The lowest BCUT2D eigenvalue weighted by Gasteiger charge is -2.27. The van der Waals surface area contributed by atoms with E-state index in [1.54, 1.807) is 12.1 Å². The van der Waals surface area contributed by atoms with Crippen molar-refractivity contribution in [2.24, 2.45) is 0 Å². The molecule has 1 aliphatic heterocycles. The summed E-state index contributed by atoms with van der Waals surface area (Å²) in [6, 6.07) is 19.2. The summed E-state index contributed by atoms with van der Waals surface area (Å²) in [6.45, 7) is 7.69. The van der Waals surface area contributed by atoms with Crippen LogP contribution >= 0.6 is 0 Å². The highest BCUT2D eigenvalue weighted by Crippen LogP contribution is 2.42. The van der Waals surface area contributed by atoms with Crippen LogP contribution in [0.4, 0.5) is 17.1 Å². The van der Waals surface area contributed by atoms with Crippen LogP contribution in [0.15, 0.2) is 78.4 Å². The second-order valence-corrected chi connectivity index (χ2v) is 8.58. The van der Waals surface area contributed by atoms with Gasteiger partial charge in [-0.15, -0.1) is 0 Å². The number of nitrogens with zero attached hydrogens (tertiary/aromatic N) is 3. The number of carbonyl (C=O) groups is 2. The summed E-state index contributed by atoms with van der Waals surface area (Å²) in [5.74, 6) is -1.94. The van der Waals surface area contributed by atoms with Gasteiger partial charge < -0.3 is 10.0 Å². The average molecular weight is 486 g/mol. The van der Waals surface area contributed by atoms with E-state index in [0.29, 0.717) is 11.3 Å². The number of ketones is 1. The van der Waals surface area contributed by atoms with Gasteiger partial charge in [-0.05, 0) is 62.7 Å². The number of aliphatic hydroxyl groups is 1. The summed E-state index contributed by atoms with van der Waals surface area (Å²) >= 11 is 0. The largest absolute Gasteiger partial charge is 0.507 e. The number of anilines is 2. The normalized spacial score (nSPS) is 16.9. The van der Waals surface area contributed by atoms with Crippen molar-refractivity contribution >= 4 is 34.5 Å². The minimum atomic E-state index is -0.862. The third-order valence-corrected chi connectivity index (χ3v) is 6.41. The van der Waals surface area contributed by atoms with Gasteiger partial charge in [-0.1, -0.05) is 29.8 Å².